The Balaban J connectivity index is 2.36. The van der Waals surface area contributed by atoms with Crippen LogP contribution in [-0.4, -0.2) is 8.07 Å². The highest BCUT2D eigenvalue weighted by Gasteiger charge is 2.31. The van der Waals surface area contributed by atoms with Crippen LogP contribution in [0.15, 0.2) is 0 Å². The lowest BCUT2D eigenvalue weighted by Crippen LogP contribution is -2.33. The molecule has 0 nitrogen and oxygen atoms in total. The van der Waals surface area contributed by atoms with Crippen LogP contribution in [0.4, 0.5) is 0 Å². The summed E-state index contributed by atoms with van der Waals surface area (Å²) >= 11 is 0. The quantitative estimate of drug-likeness (QED) is 0.568. The topological polar surface area (TPSA) is 0 Å². The second-order valence-corrected chi connectivity index (χ2v) is 10.7. The van der Waals surface area contributed by atoms with Crippen molar-refractivity contribution in [2.24, 2.45) is 0 Å². The first-order chi connectivity index (χ1) is 6.17. The van der Waals surface area contributed by atoms with Gasteiger partial charge in [-0.15, -0.1) is 0 Å². The van der Waals surface area contributed by atoms with Crippen LogP contribution in [0.1, 0.15) is 51.9 Å². The zero-order chi connectivity index (χ0) is 9.73. The average molecular weight is 198 g/mol. The first-order valence-corrected chi connectivity index (χ1v) is 9.45. The second kappa shape index (κ2) is 5.19. The Labute approximate surface area is 85.1 Å². The molecule has 1 saturated carbocycles. The molecule has 0 atom stereocenters. The van der Waals surface area contributed by atoms with Crippen LogP contribution < -0.4 is 0 Å². The number of rotatable bonds is 4. The molecule has 0 unspecified atom stereocenters. The van der Waals surface area contributed by atoms with Crippen molar-refractivity contribution in [3.8, 4) is 0 Å². The van der Waals surface area contributed by atoms with Gasteiger partial charge in [0, 0.05) is 0 Å². The van der Waals surface area contributed by atoms with Crippen LogP contribution >= 0.6 is 0 Å². The summed E-state index contributed by atoms with van der Waals surface area (Å²) < 4.78 is 0. The standard InChI is InChI=1S/C12H26Si/c1-4-5-11-13(2,3)12-9-7-6-8-10-12/h12H,4-11H2,1-3H3. The minimum atomic E-state index is -0.823. The van der Waals surface area contributed by atoms with Crippen LogP contribution in [0.2, 0.25) is 24.7 Å². The molecule has 1 heteroatoms. The van der Waals surface area contributed by atoms with Crippen molar-refractivity contribution in [1.29, 1.82) is 0 Å². The van der Waals surface area contributed by atoms with E-state index in [1.807, 2.05) is 0 Å². The third-order valence-electron chi connectivity index (χ3n) is 3.89. The summed E-state index contributed by atoms with van der Waals surface area (Å²) in [6, 6.07) is 1.58. The summed E-state index contributed by atoms with van der Waals surface area (Å²) in [4.78, 5) is 0. The van der Waals surface area contributed by atoms with Gasteiger partial charge in [0.2, 0.25) is 0 Å². The third-order valence-corrected chi connectivity index (χ3v) is 8.31. The molecule has 0 spiro atoms. The van der Waals surface area contributed by atoms with Gasteiger partial charge in [0.15, 0.2) is 0 Å². The van der Waals surface area contributed by atoms with Gasteiger partial charge in [0.05, 0.1) is 8.07 Å². The van der Waals surface area contributed by atoms with Crippen molar-refractivity contribution >= 4 is 8.07 Å². The van der Waals surface area contributed by atoms with E-state index in [2.05, 4.69) is 20.0 Å². The van der Waals surface area contributed by atoms with E-state index in [0.717, 1.165) is 5.54 Å². The minimum Gasteiger partial charge on any atom is -0.0691 e. The highest BCUT2D eigenvalue weighted by atomic mass is 28.3. The van der Waals surface area contributed by atoms with Gasteiger partial charge < -0.3 is 0 Å². The van der Waals surface area contributed by atoms with Crippen molar-refractivity contribution in [3.05, 3.63) is 0 Å². The minimum absolute atomic E-state index is 0.823. The van der Waals surface area contributed by atoms with Gasteiger partial charge >= 0.3 is 0 Å². The molecule has 0 saturated heterocycles. The zero-order valence-electron chi connectivity index (χ0n) is 9.73. The van der Waals surface area contributed by atoms with Gasteiger partial charge in [-0.05, 0) is 5.54 Å². The summed E-state index contributed by atoms with van der Waals surface area (Å²) in [5, 5.41) is 0. The third kappa shape index (κ3) is 3.45. The molecule has 0 aromatic carbocycles. The maximum atomic E-state index is 2.62. The number of hydrogen-bond acceptors (Lipinski definition) is 0. The largest absolute Gasteiger partial charge is 0.0691 e. The predicted octanol–water partition coefficient (Wildman–Crippen LogP) is 4.83. The summed E-state index contributed by atoms with van der Waals surface area (Å²) in [6.45, 7) is 7.57. The Hall–Kier alpha value is 0.217. The molecule has 1 aliphatic rings. The summed E-state index contributed by atoms with van der Waals surface area (Å²) in [6.07, 6.45) is 10.5. The zero-order valence-corrected chi connectivity index (χ0v) is 10.7. The molecule has 0 aromatic rings. The first-order valence-electron chi connectivity index (χ1n) is 6.17. The smallest absolute Gasteiger partial charge is 0.0504 e. The highest BCUT2D eigenvalue weighted by Crippen LogP contribution is 2.39. The lowest BCUT2D eigenvalue weighted by Gasteiger charge is -2.35. The van der Waals surface area contributed by atoms with E-state index in [0.29, 0.717) is 0 Å². The Kier molecular flexibility index (Phi) is 4.50. The maximum absolute atomic E-state index is 2.62. The molecule has 0 radical (unpaired) electrons. The van der Waals surface area contributed by atoms with Crippen molar-refractivity contribution in [2.45, 2.75) is 76.5 Å². The number of hydrogen-bond donors (Lipinski definition) is 0. The van der Waals surface area contributed by atoms with Crippen molar-refractivity contribution < 1.29 is 0 Å². The molecule has 1 rings (SSSR count). The van der Waals surface area contributed by atoms with E-state index in [1.54, 1.807) is 18.9 Å². The highest BCUT2D eigenvalue weighted by molar-refractivity contribution is 6.78. The second-order valence-electron chi connectivity index (χ2n) is 5.43. The summed E-state index contributed by atoms with van der Waals surface area (Å²) in [7, 11) is -0.823. The average Bonchev–Trinajstić information content (AvgIpc) is 2.16. The fourth-order valence-electron chi connectivity index (χ4n) is 2.72. The SMILES string of the molecule is CCCC[Si](C)(C)C1CCCCC1. The lowest BCUT2D eigenvalue weighted by molar-refractivity contribution is 0.490. The van der Waals surface area contributed by atoms with Crippen LogP contribution in [0.5, 0.6) is 0 Å². The Morgan fingerprint density at radius 1 is 1.08 bits per heavy atom. The molecule has 0 aromatic heterocycles. The van der Waals surface area contributed by atoms with Crippen LogP contribution in [0, 0.1) is 0 Å². The van der Waals surface area contributed by atoms with Gasteiger partial charge in [-0.25, -0.2) is 0 Å². The molecule has 0 aliphatic heterocycles. The van der Waals surface area contributed by atoms with Gasteiger partial charge in [-0.3, -0.25) is 0 Å². The predicted molar refractivity (Wildman–Crippen MR) is 64.0 cm³/mol. The van der Waals surface area contributed by atoms with E-state index in [-0.39, 0.29) is 0 Å². The molecule has 1 fully saturated rings. The molecule has 1 aliphatic carbocycles. The van der Waals surface area contributed by atoms with Crippen LogP contribution in [-0.2, 0) is 0 Å². The molecule has 0 amide bonds. The molecule has 0 N–H and O–H groups in total. The van der Waals surface area contributed by atoms with E-state index in [1.165, 1.54) is 32.1 Å². The van der Waals surface area contributed by atoms with E-state index < -0.39 is 8.07 Å². The first kappa shape index (κ1) is 11.3. The molecule has 0 bridgehead atoms. The van der Waals surface area contributed by atoms with E-state index in [9.17, 15) is 0 Å². The lowest BCUT2D eigenvalue weighted by atomic mass is 10.0. The van der Waals surface area contributed by atoms with Gasteiger partial charge in [-0.2, -0.15) is 0 Å². The van der Waals surface area contributed by atoms with Gasteiger partial charge in [-0.1, -0.05) is 71.0 Å². The van der Waals surface area contributed by atoms with E-state index in [4.69, 9.17) is 0 Å². The summed E-state index contributed by atoms with van der Waals surface area (Å²) in [5.41, 5.74) is 1.16. The van der Waals surface area contributed by atoms with Crippen LogP contribution in [0.25, 0.3) is 0 Å². The normalized spacial score (nSPS) is 20.5. The fraction of sp³-hybridized carbons (Fsp3) is 1.00. The molecule has 13 heavy (non-hydrogen) atoms. The molecule has 78 valence electrons. The molecular formula is C12H26Si. The Bertz CT molecular complexity index is 134. The Morgan fingerprint density at radius 2 is 1.69 bits per heavy atom. The number of unbranched alkanes of at least 4 members (excludes halogenated alkanes) is 1. The van der Waals surface area contributed by atoms with Gasteiger partial charge in [0.25, 0.3) is 0 Å². The summed E-state index contributed by atoms with van der Waals surface area (Å²) in [5.74, 6) is 0. The van der Waals surface area contributed by atoms with E-state index >= 15 is 0 Å². The monoisotopic (exact) mass is 198 g/mol. The maximum Gasteiger partial charge on any atom is 0.0504 e. The van der Waals surface area contributed by atoms with Crippen molar-refractivity contribution in [3.63, 3.8) is 0 Å². The van der Waals surface area contributed by atoms with Crippen molar-refractivity contribution in [2.75, 3.05) is 0 Å². The van der Waals surface area contributed by atoms with Crippen LogP contribution in [0.3, 0.4) is 0 Å². The Morgan fingerprint density at radius 3 is 2.23 bits per heavy atom. The molecule has 0 heterocycles. The van der Waals surface area contributed by atoms with Crippen molar-refractivity contribution in [1.82, 2.24) is 0 Å². The molecular weight excluding hydrogens is 172 g/mol. The fourth-order valence-corrected chi connectivity index (χ4v) is 6.36. The van der Waals surface area contributed by atoms with Gasteiger partial charge in [0.1, 0.15) is 0 Å².